The predicted molar refractivity (Wildman–Crippen MR) is 107 cm³/mol. The number of carbonyl (C=O) groups is 4. The van der Waals surface area contributed by atoms with E-state index in [0.29, 0.717) is 11.3 Å². The van der Waals surface area contributed by atoms with Crippen LogP contribution in [0.15, 0.2) is 60.7 Å². The molecule has 2 amide bonds. The monoisotopic (exact) mass is 408 g/mol. The first-order chi connectivity index (χ1) is 14.5. The Morgan fingerprint density at radius 3 is 2.23 bits per heavy atom. The molecule has 2 aromatic rings. The standard InChI is InChI=1S/C22H20N2O6/c1-24(20(26)11-6-12-25)30-21(27)13-23-22(28)29-14-19-17-9-4-2-7-15(17)16-8-3-5-10-18(16)19/h2-12,19H,13-14H2,1H3,(H,23,28)/b11-6-. The molecule has 8 nitrogen and oxygen atoms in total. The summed E-state index contributed by atoms with van der Waals surface area (Å²) in [5, 5.41) is 2.95. The smallest absolute Gasteiger partial charge is 0.407 e. The van der Waals surface area contributed by atoms with Gasteiger partial charge in [0, 0.05) is 19.0 Å². The minimum atomic E-state index is -0.862. The number of hydrogen-bond acceptors (Lipinski definition) is 6. The summed E-state index contributed by atoms with van der Waals surface area (Å²) in [6, 6.07) is 15.9. The van der Waals surface area contributed by atoms with Crippen LogP contribution in [0.1, 0.15) is 17.0 Å². The Hall–Kier alpha value is -3.94. The van der Waals surface area contributed by atoms with Crippen LogP contribution in [-0.4, -0.2) is 49.5 Å². The fourth-order valence-corrected chi connectivity index (χ4v) is 3.25. The van der Waals surface area contributed by atoms with E-state index in [9.17, 15) is 19.2 Å². The molecule has 0 unspecified atom stereocenters. The van der Waals surface area contributed by atoms with Crippen molar-refractivity contribution in [3.8, 4) is 11.1 Å². The average molecular weight is 408 g/mol. The Labute approximate surface area is 173 Å². The molecule has 2 aromatic carbocycles. The van der Waals surface area contributed by atoms with Crippen molar-refractivity contribution in [2.24, 2.45) is 0 Å². The molecule has 0 aliphatic heterocycles. The SMILES string of the molecule is CN(OC(=O)CNC(=O)OCC1c2ccccc2-c2ccccc21)C(=O)/C=C\C=O. The van der Waals surface area contributed by atoms with Crippen molar-refractivity contribution >= 4 is 24.3 Å². The summed E-state index contributed by atoms with van der Waals surface area (Å²) >= 11 is 0. The van der Waals surface area contributed by atoms with Gasteiger partial charge in [-0.2, -0.15) is 5.06 Å². The molecule has 3 rings (SSSR count). The molecule has 8 heteroatoms. The topological polar surface area (TPSA) is 102 Å². The molecule has 0 saturated carbocycles. The molecule has 0 fully saturated rings. The highest BCUT2D eigenvalue weighted by Gasteiger charge is 2.29. The highest BCUT2D eigenvalue weighted by Crippen LogP contribution is 2.44. The average Bonchev–Trinajstić information content (AvgIpc) is 3.08. The maximum atomic E-state index is 12.0. The highest BCUT2D eigenvalue weighted by atomic mass is 16.7. The first-order valence-corrected chi connectivity index (χ1v) is 9.20. The van der Waals surface area contributed by atoms with Gasteiger partial charge in [-0.05, 0) is 28.3 Å². The minimum absolute atomic E-state index is 0.0940. The zero-order chi connectivity index (χ0) is 21.5. The summed E-state index contributed by atoms with van der Waals surface area (Å²) in [5.74, 6) is -1.65. The number of likely N-dealkylation sites (N-methyl/N-ethyl adjacent to an activating group) is 1. The molecule has 0 bridgehead atoms. The number of alkyl carbamates (subject to hydrolysis) is 1. The van der Waals surface area contributed by atoms with Gasteiger partial charge < -0.3 is 14.9 Å². The Morgan fingerprint density at radius 2 is 1.63 bits per heavy atom. The van der Waals surface area contributed by atoms with Crippen LogP contribution in [0.4, 0.5) is 4.79 Å². The fourth-order valence-electron chi connectivity index (χ4n) is 3.25. The normalized spacial score (nSPS) is 12.0. The lowest BCUT2D eigenvalue weighted by Gasteiger charge is -2.16. The van der Waals surface area contributed by atoms with E-state index < -0.39 is 24.5 Å². The van der Waals surface area contributed by atoms with E-state index in [1.807, 2.05) is 48.5 Å². The van der Waals surface area contributed by atoms with Gasteiger partial charge in [0.05, 0.1) is 0 Å². The number of ether oxygens (including phenoxy) is 1. The lowest BCUT2D eigenvalue weighted by atomic mass is 9.98. The highest BCUT2D eigenvalue weighted by molar-refractivity contribution is 5.91. The van der Waals surface area contributed by atoms with E-state index in [-0.39, 0.29) is 12.5 Å². The van der Waals surface area contributed by atoms with Crippen LogP contribution in [0.3, 0.4) is 0 Å². The quantitative estimate of drug-likeness (QED) is 0.447. The van der Waals surface area contributed by atoms with E-state index in [1.54, 1.807) is 0 Å². The molecule has 0 atom stereocenters. The summed E-state index contributed by atoms with van der Waals surface area (Å²) in [7, 11) is 1.21. The number of nitrogens with zero attached hydrogens (tertiary/aromatic N) is 1. The van der Waals surface area contributed by atoms with Gasteiger partial charge in [0.1, 0.15) is 19.4 Å². The third-order valence-electron chi connectivity index (χ3n) is 4.59. The lowest BCUT2D eigenvalue weighted by Crippen LogP contribution is -2.36. The Morgan fingerprint density at radius 1 is 1.03 bits per heavy atom. The molecular weight excluding hydrogens is 388 g/mol. The van der Waals surface area contributed by atoms with E-state index in [4.69, 9.17) is 9.57 Å². The van der Waals surface area contributed by atoms with Gasteiger partial charge in [-0.15, -0.1) is 0 Å². The number of hydrogen-bond donors (Lipinski definition) is 1. The van der Waals surface area contributed by atoms with Crippen LogP contribution in [0, 0.1) is 0 Å². The van der Waals surface area contributed by atoms with E-state index >= 15 is 0 Å². The van der Waals surface area contributed by atoms with Crippen molar-refractivity contribution in [1.29, 1.82) is 0 Å². The first kappa shape index (κ1) is 20.8. The first-order valence-electron chi connectivity index (χ1n) is 9.20. The van der Waals surface area contributed by atoms with Gasteiger partial charge in [-0.25, -0.2) is 9.59 Å². The van der Waals surface area contributed by atoms with Crippen molar-refractivity contribution < 1.29 is 28.8 Å². The molecule has 0 aromatic heterocycles. The number of carbonyl (C=O) groups excluding carboxylic acids is 4. The number of fused-ring (bicyclic) bond motifs is 3. The number of hydroxylamine groups is 2. The number of benzene rings is 2. The second-order valence-corrected chi connectivity index (χ2v) is 6.47. The van der Waals surface area contributed by atoms with E-state index in [1.165, 1.54) is 7.05 Å². The van der Waals surface area contributed by atoms with Gasteiger partial charge in [-0.3, -0.25) is 9.59 Å². The number of amides is 2. The Kier molecular flexibility index (Phi) is 6.59. The molecule has 1 aliphatic rings. The molecule has 0 heterocycles. The molecule has 1 N–H and O–H groups in total. The summed E-state index contributed by atoms with van der Waals surface area (Å²) in [5.41, 5.74) is 4.38. The maximum Gasteiger partial charge on any atom is 0.407 e. The van der Waals surface area contributed by atoms with Crippen LogP contribution in [0.25, 0.3) is 11.1 Å². The summed E-state index contributed by atoms with van der Waals surface area (Å²) in [4.78, 5) is 50.2. The molecule has 30 heavy (non-hydrogen) atoms. The second kappa shape index (κ2) is 9.51. The Balaban J connectivity index is 1.51. The third kappa shape index (κ3) is 4.72. The number of allylic oxidation sites excluding steroid dienone is 1. The van der Waals surface area contributed by atoms with Crippen molar-refractivity contribution in [1.82, 2.24) is 10.4 Å². The van der Waals surface area contributed by atoms with Crippen molar-refractivity contribution in [3.05, 3.63) is 71.8 Å². The molecule has 154 valence electrons. The molecule has 0 spiro atoms. The van der Waals surface area contributed by atoms with Gasteiger partial charge in [0.15, 0.2) is 0 Å². The van der Waals surface area contributed by atoms with Crippen molar-refractivity contribution in [2.75, 3.05) is 20.2 Å². The van der Waals surface area contributed by atoms with Gasteiger partial charge in [0.2, 0.25) is 0 Å². The Bertz CT molecular complexity index is 955. The molecular formula is C22H20N2O6. The molecule has 0 saturated heterocycles. The van der Waals surface area contributed by atoms with Crippen LogP contribution < -0.4 is 5.32 Å². The third-order valence-corrected chi connectivity index (χ3v) is 4.59. The predicted octanol–water partition coefficient (Wildman–Crippen LogP) is 2.20. The van der Waals surface area contributed by atoms with Crippen molar-refractivity contribution in [2.45, 2.75) is 5.92 Å². The second-order valence-electron chi connectivity index (χ2n) is 6.47. The minimum Gasteiger partial charge on any atom is -0.449 e. The lowest BCUT2D eigenvalue weighted by molar-refractivity contribution is -0.188. The van der Waals surface area contributed by atoms with Crippen LogP contribution in [0.5, 0.6) is 0 Å². The number of aldehydes is 1. The van der Waals surface area contributed by atoms with E-state index in [0.717, 1.165) is 34.4 Å². The molecule has 1 aliphatic carbocycles. The maximum absolute atomic E-state index is 12.0. The van der Waals surface area contributed by atoms with Gasteiger partial charge >= 0.3 is 12.1 Å². The largest absolute Gasteiger partial charge is 0.449 e. The van der Waals surface area contributed by atoms with Gasteiger partial charge in [-0.1, -0.05) is 48.5 Å². The zero-order valence-corrected chi connectivity index (χ0v) is 16.2. The van der Waals surface area contributed by atoms with Crippen LogP contribution in [0.2, 0.25) is 0 Å². The number of rotatable bonds is 6. The van der Waals surface area contributed by atoms with Gasteiger partial charge in [0.25, 0.3) is 5.91 Å². The zero-order valence-electron chi connectivity index (χ0n) is 16.2. The number of nitrogens with one attached hydrogen (secondary N) is 1. The summed E-state index contributed by atoms with van der Waals surface area (Å²) < 4.78 is 5.31. The van der Waals surface area contributed by atoms with Crippen LogP contribution in [-0.2, 0) is 24.0 Å². The summed E-state index contributed by atoms with van der Waals surface area (Å²) in [6.07, 6.45) is 1.57. The van der Waals surface area contributed by atoms with Crippen LogP contribution >= 0.6 is 0 Å². The summed E-state index contributed by atoms with van der Waals surface area (Å²) in [6.45, 7) is -0.366. The molecule has 0 radical (unpaired) electrons. The van der Waals surface area contributed by atoms with E-state index in [2.05, 4.69) is 5.32 Å². The fraction of sp³-hybridized carbons (Fsp3) is 0.182. The van der Waals surface area contributed by atoms with Crippen molar-refractivity contribution in [3.63, 3.8) is 0 Å².